The molecule has 5 nitrogen and oxygen atoms in total. The Kier molecular flexibility index (Phi) is 3.55. The number of Topliss-reactive ketones (excluding diaryl/α,β-unsaturated/α-hetero) is 1. The Bertz CT molecular complexity index is 523. The molecule has 1 aromatic rings. The third kappa shape index (κ3) is 2.75. The molecule has 0 amide bonds. The summed E-state index contributed by atoms with van der Waals surface area (Å²) in [6.45, 7) is 3.57. The van der Waals surface area contributed by atoms with Gasteiger partial charge in [0.1, 0.15) is 0 Å². The lowest BCUT2D eigenvalue weighted by molar-refractivity contribution is -0.384. The molecule has 5 heteroatoms. The average Bonchev–Trinajstić information content (AvgIpc) is 3.20. The van der Waals surface area contributed by atoms with E-state index in [4.69, 9.17) is 0 Å². The highest BCUT2D eigenvalue weighted by molar-refractivity contribution is 6.00. The molecule has 0 spiro atoms. The van der Waals surface area contributed by atoms with Crippen molar-refractivity contribution in [3.63, 3.8) is 0 Å². The number of hydrogen-bond donors (Lipinski definition) is 0. The molecule has 1 saturated carbocycles. The minimum Gasteiger partial charge on any atom is -0.371 e. The fourth-order valence-corrected chi connectivity index (χ4v) is 2.34. The van der Waals surface area contributed by atoms with E-state index in [2.05, 4.69) is 11.8 Å². The topological polar surface area (TPSA) is 63.4 Å². The fourth-order valence-electron chi connectivity index (χ4n) is 2.34. The van der Waals surface area contributed by atoms with E-state index in [1.807, 2.05) is 7.05 Å². The van der Waals surface area contributed by atoms with Gasteiger partial charge in [-0.2, -0.15) is 0 Å². The van der Waals surface area contributed by atoms with Crippen molar-refractivity contribution >= 4 is 17.2 Å². The van der Waals surface area contributed by atoms with Crippen LogP contribution in [0.25, 0.3) is 0 Å². The second-order valence-electron chi connectivity index (χ2n) is 5.20. The summed E-state index contributed by atoms with van der Waals surface area (Å²) >= 11 is 0. The molecule has 1 aliphatic rings. The molecule has 0 aromatic heterocycles. The summed E-state index contributed by atoms with van der Waals surface area (Å²) in [6, 6.07) is 4.85. The Morgan fingerprint density at radius 2 is 2.11 bits per heavy atom. The van der Waals surface area contributed by atoms with Gasteiger partial charge < -0.3 is 4.90 Å². The van der Waals surface area contributed by atoms with Crippen LogP contribution in [-0.2, 0) is 0 Å². The van der Waals surface area contributed by atoms with Gasteiger partial charge in [-0.15, -0.1) is 0 Å². The SMILES string of the molecule is CC(=O)c1cc([N+](=O)[O-])ccc1N(C)C(C)C1CC1. The lowest BCUT2D eigenvalue weighted by Crippen LogP contribution is -2.31. The van der Waals surface area contributed by atoms with Crippen molar-refractivity contribution in [3.8, 4) is 0 Å². The highest BCUT2D eigenvalue weighted by atomic mass is 16.6. The van der Waals surface area contributed by atoms with Crippen LogP contribution in [0, 0.1) is 16.0 Å². The Morgan fingerprint density at radius 3 is 2.58 bits per heavy atom. The maximum absolute atomic E-state index is 11.7. The monoisotopic (exact) mass is 262 g/mol. The molecular weight excluding hydrogens is 244 g/mol. The number of rotatable bonds is 5. The standard InChI is InChI=1S/C14H18N2O3/c1-9(11-4-5-11)15(3)14-7-6-12(16(18)19)8-13(14)10(2)17/h6-9,11H,4-5H2,1-3H3. The summed E-state index contributed by atoms with van der Waals surface area (Å²) in [5.74, 6) is 0.522. The smallest absolute Gasteiger partial charge is 0.270 e. The predicted molar refractivity (Wildman–Crippen MR) is 73.7 cm³/mol. The second kappa shape index (κ2) is 4.99. The van der Waals surface area contributed by atoms with Gasteiger partial charge in [0.2, 0.25) is 0 Å². The summed E-state index contributed by atoms with van der Waals surface area (Å²) in [5.41, 5.74) is 1.16. The zero-order chi connectivity index (χ0) is 14.2. The number of carbonyl (C=O) groups excluding carboxylic acids is 1. The zero-order valence-corrected chi connectivity index (χ0v) is 11.4. The Morgan fingerprint density at radius 1 is 1.47 bits per heavy atom. The molecule has 19 heavy (non-hydrogen) atoms. The molecule has 0 bridgehead atoms. The van der Waals surface area contributed by atoms with E-state index in [0.29, 0.717) is 17.5 Å². The van der Waals surface area contributed by atoms with Crippen LogP contribution in [0.2, 0.25) is 0 Å². The Balaban J connectivity index is 2.38. The number of hydrogen-bond acceptors (Lipinski definition) is 4. The number of nitrogens with zero attached hydrogens (tertiary/aromatic N) is 2. The molecule has 102 valence electrons. The maximum Gasteiger partial charge on any atom is 0.270 e. The van der Waals surface area contributed by atoms with Crippen LogP contribution in [0.5, 0.6) is 0 Å². The Labute approximate surface area is 112 Å². The van der Waals surface area contributed by atoms with Gasteiger partial charge in [-0.05, 0) is 38.7 Å². The minimum atomic E-state index is -0.472. The quantitative estimate of drug-likeness (QED) is 0.465. The van der Waals surface area contributed by atoms with Crippen LogP contribution in [0.4, 0.5) is 11.4 Å². The lowest BCUT2D eigenvalue weighted by atomic mass is 10.1. The highest BCUT2D eigenvalue weighted by Crippen LogP contribution is 2.37. The van der Waals surface area contributed by atoms with E-state index in [1.165, 1.54) is 31.9 Å². The number of benzene rings is 1. The third-order valence-corrected chi connectivity index (χ3v) is 3.87. The van der Waals surface area contributed by atoms with Gasteiger partial charge in [0.25, 0.3) is 5.69 Å². The van der Waals surface area contributed by atoms with Crippen molar-refractivity contribution in [2.45, 2.75) is 32.7 Å². The number of anilines is 1. The molecule has 0 heterocycles. The largest absolute Gasteiger partial charge is 0.371 e. The lowest BCUT2D eigenvalue weighted by Gasteiger charge is -2.28. The summed E-state index contributed by atoms with van der Waals surface area (Å²) in [4.78, 5) is 24.1. The van der Waals surface area contributed by atoms with Crippen LogP contribution in [0.15, 0.2) is 18.2 Å². The molecule has 0 aliphatic heterocycles. The number of nitro benzene ring substituents is 1. The second-order valence-corrected chi connectivity index (χ2v) is 5.20. The van der Waals surface area contributed by atoms with Crippen molar-refractivity contribution in [2.24, 2.45) is 5.92 Å². The fraction of sp³-hybridized carbons (Fsp3) is 0.500. The molecule has 0 N–H and O–H groups in total. The van der Waals surface area contributed by atoms with Crippen molar-refractivity contribution in [3.05, 3.63) is 33.9 Å². The molecule has 2 rings (SSSR count). The van der Waals surface area contributed by atoms with Crippen molar-refractivity contribution in [2.75, 3.05) is 11.9 Å². The van der Waals surface area contributed by atoms with Crippen LogP contribution in [0.1, 0.15) is 37.0 Å². The highest BCUT2D eigenvalue weighted by Gasteiger charge is 2.31. The first-order chi connectivity index (χ1) is 8.91. The minimum absolute atomic E-state index is 0.0403. The van der Waals surface area contributed by atoms with Gasteiger partial charge in [-0.25, -0.2) is 0 Å². The molecule has 0 radical (unpaired) electrons. The van der Waals surface area contributed by atoms with Crippen LogP contribution < -0.4 is 4.90 Å². The number of carbonyl (C=O) groups is 1. The third-order valence-electron chi connectivity index (χ3n) is 3.87. The molecule has 0 saturated heterocycles. The number of ketones is 1. The Hall–Kier alpha value is -1.91. The average molecular weight is 262 g/mol. The summed E-state index contributed by atoms with van der Waals surface area (Å²) < 4.78 is 0. The van der Waals surface area contributed by atoms with E-state index in [0.717, 1.165) is 5.69 Å². The van der Waals surface area contributed by atoms with Crippen molar-refractivity contribution < 1.29 is 9.72 Å². The van der Waals surface area contributed by atoms with Gasteiger partial charge in [0, 0.05) is 36.5 Å². The first kappa shape index (κ1) is 13.5. The molecule has 1 aliphatic carbocycles. The van der Waals surface area contributed by atoms with Gasteiger partial charge in [-0.1, -0.05) is 0 Å². The van der Waals surface area contributed by atoms with E-state index in [1.54, 1.807) is 6.07 Å². The molecule has 1 fully saturated rings. The van der Waals surface area contributed by atoms with E-state index >= 15 is 0 Å². The number of nitro groups is 1. The molecule has 1 aromatic carbocycles. The van der Waals surface area contributed by atoms with Gasteiger partial charge >= 0.3 is 0 Å². The van der Waals surface area contributed by atoms with Crippen LogP contribution in [-0.4, -0.2) is 23.8 Å². The van der Waals surface area contributed by atoms with Crippen molar-refractivity contribution in [1.82, 2.24) is 0 Å². The van der Waals surface area contributed by atoms with Crippen molar-refractivity contribution in [1.29, 1.82) is 0 Å². The number of non-ortho nitro benzene ring substituents is 1. The molecular formula is C14H18N2O3. The van der Waals surface area contributed by atoms with Gasteiger partial charge in [-0.3, -0.25) is 14.9 Å². The summed E-state index contributed by atoms with van der Waals surface area (Å²) in [5, 5.41) is 10.8. The molecule has 1 atom stereocenters. The van der Waals surface area contributed by atoms with Crippen LogP contribution >= 0.6 is 0 Å². The summed E-state index contributed by atoms with van der Waals surface area (Å²) in [6.07, 6.45) is 2.43. The van der Waals surface area contributed by atoms with Crippen LogP contribution in [0.3, 0.4) is 0 Å². The maximum atomic E-state index is 11.7. The zero-order valence-electron chi connectivity index (χ0n) is 11.4. The molecule has 1 unspecified atom stereocenters. The van der Waals surface area contributed by atoms with Gasteiger partial charge in [0.05, 0.1) is 4.92 Å². The first-order valence-corrected chi connectivity index (χ1v) is 6.44. The summed E-state index contributed by atoms with van der Waals surface area (Å²) in [7, 11) is 1.94. The van der Waals surface area contributed by atoms with Gasteiger partial charge in [0.15, 0.2) is 5.78 Å². The predicted octanol–water partition coefficient (Wildman–Crippen LogP) is 3.03. The first-order valence-electron chi connectivity index (χ1n) is 6.44. The van der Waals surface area contributed by atoms with E-state index in [-0.39, 0.29) is 11.5 Å². The van der Waals surface area contributed by atoms with E-state index in [9.17, 15) is 14.9 Å². The normalized spacial score (nSPS) is 15.9. The van der Waals surface area contributed by atoms with E-state index < -0.39 is 4.92 Å².